The molecule has 2 aromatic rings. The monoisotopic (exact) mass is 545 g/mol. The molecule has 3 amide bonds. The van der Waals surface area contributed by atoms with Gasteiger partial charge in [0.2, 0.25) is 5.91 Å². The largest absolute Gasteiger partial charge is 0.482 e. The van der Waals surface area contributed by atoms with Gasteiger partial charge in [-0.05, 0) is 60.7 Å². The lowest BCUT2D eigenvalue weighted by Crippen LogP contribution is -2.50. The Kier molecular flexibility index (Phi) is 8.43. The van der Waals surface area contributed by atoms with Crippen LogP contribution in [-0.4, -0.2) is 78.3 Å². The number of fused-ring (bicyclic) bond motifs is 1. The number of piperidine rings is 1. The van der Waals surface area contributed by atoms with Crippen LogP contribution in [0.5, 0.6) is 5.75 Å². The van der Waals surface area contributed by atoms with Gasteiger partial charge in [0, 0.05) is 70.7 Å². The predicted molar refractivity (Wildman–Crippen MR) is 158 cm³/mol. The van der Waals surface area contributed by atoms with Crippen LogP contribution in [0.25, 0.3) is 5.57 Å². The van der Waals surface area contributed by atoms with Crippen molar-refractivity contribution in [2.24, 2.45) is 5.41 Å². The number of hydrogen-bond acceptors (Lipinski definition) is 4. The number of ether oxygens (including phenoxy) is 1. The maximum absolute atomic E-state index is 13.2. The topological polar surface area (TPSA) is 70.2 Å². The Morgan fingerprint density at radius 1 is 0.925 bits per heavy atom. The molecule has 0 radical (unpaired) electrons. The molecule has 0 bridgehead atoms. The zero-order chi connectivity index (χ0) is 29.2. The second kappa shape index (κ2) is 11.5. The average molecular weight is 546 g/mol. The van der Waals surface area contributed by atoms with E-state index in [9.17, 15) is 14.4 Å². The molecule has 7 nitrogen and oxygen atoms in total. The van der Waals surface area contributed by atoms with Crippen LogP contribution in [-0.2, 0) is 4.79 Å². The predicted octanol–water partition coefficient (Wildman–Crippen LogP) is 5.49. The van der Waals surface area contributed by atoms with Gasteiger partial charge in [0.15, 0.2) is 0 Å². The molecule has 40 heavy (non-hydrogen) atoms. The number of benzene rings is 2. The quantitative estimate of drug-likeness (QED) is 0.481. The summed E-state index contributed by atoms with van der Waals surface area (Å²) in [4.78, 5) is 44.4. The van der Waals surface area contributed by atoms with Gasteiger partial charge in [-0.3, -0.25) is 14.4 Å². The minimum absolute atomic E-state index is 0.00477. The fourth-order valence-electron chi connectivity index (χ4n) is 5.56. The van der Waals surface area contributed by atoms with Gasteiger partial charge in [-0.25, -0.2) is 0 Å². The van der Waals surface area contributed by atoms with E-state index in [0.29, 0.717) is 62.3 Å². The molecule has 2 heterocycles. The number of amides is 3. The van der Waals surface area contributed by atoms with Crippen molar-refractivity contribution in [1.82, 2.24) is 14.7 Å². The van der Waals surface area contributed by atoms with Crippen LogP contribution in [0, 0.1) is 5.41 Å². The first kappa shape index (κ1) is 29.4. The number of hydrogen-bond donors (Lipinski definition) is 0. The van der Waals surface area contributed by atoms with Gasteiger partial charge in [0.25, 0.3) is 11.8 Å². The summed E-state index contributed by atoms with van der Waals surface area (Å²) in [5.74, 6) is 0.751. The molecule has 0 aliphatic carbocycles. The third-order valence-electron chi connectivity index (χ3n) is 7.79. The van der Waals surface area contributed by atoms with E-state index in [1.165, 1.54) is 0 Å². The minimum atomic E-state index is -0.587. The summed E-state index contributed by atoms with van der Waals surface area (Å²) in [6.45, 7) is 12.7. The molecule has 2 aromatic carbocycles. The third-order valence-corrected chi connectivity index (χ3v) is 7.79. The van der Waals surface area contributed by atoms with Gasteiger partial charge in [-0.15, -0.1) is 0 Å². The van der Waals surface area contributed by atoms with E-state index in [1.807, 2.05) is 61.2 Å². The van der Waals surface area contributed by atoms with Crippen molar-refractivity contribution < 1.29 is 19.1 Å². The lowest BCUT2D eigenvalue weighted by atomic mass is 9.81. The zero-order valence-corrected chi connectivity index (χ0v) is 25.0. The van der Waals surface area contributed by atoms with Crippen molar-refractivity contribution >= 4 is 23.3 Å². The van der Waals surface area contributed by atoms with Crippen molar-refractivity contribution in [3.8, 4) is 5.75 Å². The maximum atomic E-state index is 13.2. The Hall–Kier alpha value is -3.61. The molecule has 0 unspecified atom stereocenters. The molecule has 0 aromatic heterocycles. The highest BCUT2D eigenvalue weighted by atomic mass is 16.5. The van der Waals surface area contributed by atoms with Gasteiger partial charge in [0.05, 0.1) is 5.56 Å². The Labute approximate surface area is 238 Å². The van der Waals surface area contributed by atoms with Crippen LogP contribution >= 0.6 is 0 Å². The Balaban J connectivity index is 1.73. The van der Waals surface area contributed by atoms with E-state index in [2.05, 4.69) is 26.8 Å². The molecular formula is C33H43N3O4. The van der Waals surface area contributed by atoms with E-state index < -0.39 is 5.60 Å². The van der Waals surface area contributed by atoms with Gasteiger partial charge in [0.1, 0.15) is 11.4 Å². The van der Waals surface area contributed by atoms with Crippen LogP contribution in [0.2, 0.25) is 0 Å². The first-order valence-corrected chi connectivity index (χ1v) is 14.3. The van der Waals surface area contributed by atoms with Crippen molar-refractivity contribution in [1.29, 1.82) is 0 Å². The third kappa shape index (κ3) is 6.08. The number of nitrogens with zero attached hydrogens (tertiary/aromatic N) is 3. The van der Waals surface area contributed by atoms with Crippen LogP contribution in [0.1, 0.15) is 85.7 Å². The highest BCUT2D eigenvalue weighted by Gasteiger charge is 2.41. The van der Waals surface area contributed by atoms with Crippen LogP contribution in [0.15, 0.2) is 48.5 Å². The summed E-state index contributed by atoms with van der Waals surface area (Å²) in [5.41, 5.74) is 3.17. The van der Waals surface area contributed by atoms with E-state index in [1.54, 1.807) is 23.9 Å². The Bertz CT molecular complexity index is 1290. The lowest BCUT2D eigenvalue weighted by Gasteiger charge is -2.43. The SMILES string of the molecule is CCN(CC)C(=O)c1ccc(C2=CC3(CCN(C(=O)CC(C)(C)C)CC3)Oc3cccc(C(=O)N(C)C)c32)cc1. The number of carbonyl (C=O) groups is 3. The van der Waals surface area contributed by atoms with Crippen molar-refractivity contribution in [2.45, 2.75) is 59.5 Å². The summed E-state index contributed by atoms with van der Waals surface area (Å²) < 4.78 is 6.69. The van der Waals surface area contributed by atoms with Crippen LogP contribution < -0.4 is 4.74 Å². The zero-order valence-electron chi connectivity index (χ0n) is 25.0. The number of carbonyl (C=O) groups excluding carboxylic acids is 3. The highest BCUT2D eigenvalue weighted by molar-refractivity contribution is 6.03. The van der Waals surface area contributed by atoms with Crippen molar-refractivity contribution in [3.05, 3.63) is 70.8 Å². The molecule has 2 aliphatic heterocycles. The van der Waals surface area contributed by atoms with Gasteiger partial charge in [-0.1, -0.05) is 39.0 Å². The molecule has 2 aliphatic rings. The molecular weight excluding hydrogens is 502 g/mol. The molecule has 7 heteroatoms. The lowest BCUT2D eigenvalue weighted by molar-refractivity contribution is -0.135. The Morgan fingerprint density at radius 3 is 2.10 bits per heavy atom. The molecule has 0 saturated carbocycles. The van der Waals surface area contributed by atoms with Gasteiger partial charge < -0.3 is 19.4 Å². The molecule has 1 spiro atoms. The van der Waals surface area contributed by atoms with E-state index in [-0.39, 0.29) is 23.1 Å². The number of rotatable bonds is 6. The molecule has 1 saturated heterocycles. The van der Waals surface area contributed by atoms with E-state index >= 15 is 0 Å². The van der Waals surface area contributed by atoms with Gasteiger partial charge >= 0.3 is 0 Å². The van der Waals surface area contributed by atoms with E-state index in [4.69, 9.17) is 4.74 Å². The first-order chi connectivity index (χ1) is 18.9. The highest BCUT2D eigenvalue weighted by Crippen LogP contribution is 2.45. The maximum Gasteiger partial charge on any atom is 0.254 e. The van der Waals surface area contributed by atoms with Crippen molar-refractivity contribution in [3.63, 3.8) is 0 Å². The fraction of sp³-hybridized carbons (Fsp3) is 0.485. The minimum Gasteiger partial charge on any atom is -0.482 e. The second-order valence-electron chi connectivity index (χ2n) is 12.3. The Morgan fingerprint density at radius 2 is 1.55 bits per heavy atom. The molecule has 1 fully saturated rings. The summed E-state index contributed by atoms with van der Waals surface area (Å²) in [7, 11) is 3.49. The van der Waals surface area contributed by atoms with Gasteiger partial charge in [-0.2, -0.15) is 0 Å². The summed E-state index contributed by atoms with van der Waals surface area (Å²) in [6, 6.07) is 13.3. The molecule has 0 N–H and O–H groups in total. The molecule has 0 atom stereocenters. The average Bonchev–Trinajstić information content (AvgIpc) is 2.92. The normalized spacial score (nSPS) is 16.1. The first-order valence-electron chi connectivity index (χ1n) is 14.3. The smallest absolute Gasteiger partial charge is 0.254 e. The number of likely N-dealkylation sites (tertiary alicyclic amines) is 1. The summed E-state index contributed by atoms with van der Waals surface area (Å²) in [6.07, 6.45) is 3.99. The van der Waals surface area contributed by atoms with E-state index in [0.717, 1.165) is 16.7 Å². The second-order valence-corrected chi connectivity index (χ2v) is 12.3. The fourth-order valence-corrected chi connectivity index (χ4v) is 5.56. The van der Waals surface area contributed by atoms with Crippen molar-refractivity contribution in [2.75, 3.05) is 40.3 Å². The molecule has 4 rings (SSSR count). The van der Waals surface area contributed by atoms with Crippen LogP contribution in [0.4, 0.5) is 0 Å². The summed E-state index contributed by atoms with van der Waals surface area (Å²) in [5, 5.41) is 0. The summed E-state index contributed by atoms with van der Waals surface area (Å²) >= 11 is 0. The standard InChI is InChI=1S/C33H43N3O4/c1-8-35(9-2)30(38)24-15-13-23(14-16-24)26-21-33(17-19-36(20-18-33)28(37)22-32(3,4)5)40-27-12-10-11-25(29(26)27)31(39)34(6)7/h10-16,21H,8-9,17-20,22H2,1-7H3. The van der Waals surface area contributed by atoms with Crippen LogP contribution in [0.3, 0.4) is 0 Å². The molecule has 214 valence electrons.